The molecule has 0 spiro atoms. The molecule has 0 unspecified atom stereocenters. The van der Waals surface area contributed by atoms with Crippen molar-refractivity contribution in [3.63, 3.8) is 0 Å². The van der Waals surface area contributed by atoms with Crippen LogP contribution in [-0.4, -0.2) is 3.90 Å². The first kappa shape index (κ1) is 17.8. The van der Waals surface area contributed by atoms with Crippen LogP contribution in [0.4, 0.5) is 0 Å². The Bertz CT molecular complexity index is 328. The maximum atomic E-state index is 3.27. The Hall–Kier alpha value is -0.222. The van der Waals surface area contributed by atoms with Crippen LogP contribution in [0, 0.1) is 17.4 Å². The zero-order valence-corrected chi connectivity index (χ0v) is 15.6. The van der Waals surface area contributed by atoms with Gasteiger partial charge in [0.15, 0.2) is 0 Å². The Morgan fingerprint density at radius 3 is 2.17 bits per heavy atom. The molecule has 0 nitrogen and oxygen atoms in total. The molecule has 0 bridgehead atoms. The van der Waals surface area contributed by atoms with Gasteiger partial charge in [0.05, 0.1) is 0 Å². The van der Waals surface area contributed by atoms with Crippen LogP contribution in [0.25, 0.3) is 0 Å². The van der Waals surface area contributed by atoms with Gasteiger partial charge in [-0.1, -0.05) is 0 Å². The fraction of sp³-hybridized carbons (Fsp3) is 0.529. The van der Waals surface area contributed by atoms with Gasteiger partial charge in [-0.3, -0.25) is 0 Å². The summed E-state index contributed by atoms with van der Waals surface area (Å²) >= 11 is 1.63. The normalized spacial score (nSPS) is 10.8. The average Bonchev–Trinajstić information content (AvgIpc) is 2.25. The predicted molar refractivity (Wildman–Crippen MR) is 78.3 cm³/mol. The first-order valence-electron chi connectivity index (χ1n) is 6.49. The third-order valence-corrected chi connectivity index (χ3v) is 5.16. The van der Waals surface area contributed by atoms with Gasteiger partial charge in [-0.25, -0.2) is 0 Å². The summed E-state index contributed by atoms with van der Waals surface area (Å²) in [4.78, 5) is 0. The number of hydrogen-bond donors (Lipinski definition) is 0. The van der Waals surface area contributed by atoms with Crippen molar-refractivity contribution in [1.82, 2.24) is 0 Å². The minimum atomic E-state index is 0.379. The van der Waals surface area contributed by atoms with Crippen LogP contribution in [0.15, 0.2) is 24.3 Å². The Kier molecular flexibility index (Phi) is 8.70. The van der Waals surface area contributed by atoms with E-state index in [4.69, 9.17) is 0 Å². The van der Waals surface area contributed by atoms with Gasteiger partial charge in [0.25, 0.3) is 0 Å². The fourth-order valence-corrected chi connectivity index (χ4v) is 1.58. The summed E-state index contributed by atoms with van der Waals surface area (Å²) in [6.07, 6.45) is 2.34. The standard InChI is InChI=1S/C13H17.C4H9.W/c1-13(2,3)11-7-10-12-8-5-4-6-9-12;1-4(2)3;/h4-6,8H,7,10H2,1-3H3;1-3H3;/q2*-1;. The van der Waals surface area contributed by atoms with Crippen LogP contribution in [0.3, 0.4) is 0 Å². The third kappa shape index (κ3) is 9.77. The minimum absolute atomic E-state index is 0.379. The largest absolute Gasteiger partial charge is 0.323 e. The Labute approximate surface area is 125 Å². The van der Waals surface area contributed by atoms with Gasteiger partial charge < -0.3 is 5.92 Å². The molecular weight excluding hydrogens is 388 g/mol. The summed E-state index contributed by atoms with van der Waals surface area (Å²) in [5, 5.41) is 0. The van der Waals surface area contributed by atoms with E-state index in [0.717, 1.165) is 6.42 Å². The third-order valence-electron chi connectivity index (χ3n) is 2.23. The zero-order valence-electron chi connectivity index (χ0n) is 12.6. The van der Waals surface area contributed by atoms with Crippen molar-refractivity contribution in [2.24, 2.45) is 5.41 Å². The van der Waals surface area contributed by atoms with Crippen LogP contribution in [0.1, 0.15) is 53.5 Å². The van der Waals surface area contributed by atoms with Gasteiger partial charge >= 0.3 is 98.2 Å². The Morgan fingerprint density at radius 2 is 1.78 bits per heavy atom. The van der Waals surface area contributed by atoms with Crippen molar-refractivity contribution in [3.05, 3.63) is 41.8 Å². The van der Waals surface area contributed by atoms with E-state index in [1.807, 2.05) is 12.1 Å². The molecule has 1 aromatic rings. The molecule has 0 fully saturated rings. The van der Waals surface area contributed by atoms with Gasteiger partial charge in [-0.2, -0.15) is 20.8 Å². The molecule has 0 saturated heterocycles. The van der Waals surface area contributed by atoms with Crippen LogP contribution in [0.5, 0.6) is 0 Å². The molecule has 1 rings (SSSR count). The molecule has 0 atom stereocenters. The summed E-state index contributed by atoms with van der Waals surface area (Å²) in [6.45, 7) is 13.1. The molecule has 1 aromatic carbocycles. The fourth-order valence-electron chi connectivity index (χ4n) is 1.21. The summed E-state index contributed by atoms with van der Waals surface area (Å²) in [7, 11) is 0. The van der Waals surface area contributed by atoms with E-state index in [9.17, 15) is 0 Å². The molecule has 0 N–H and O–H groups in total. The van der Waals surface area contributed by atoms with Crippen molar-refractivity contribution in [3.8, 4) is 0 Å². The van der Waals surface area contributed by atoms with Crippen molar-refractivity contribution < 1.29 is 19.4 Å². The van der Waals surface area contributed by atoms with Gasteiger partial charge in [-0.15, -0.1) is 0 Å². The number of aryl methyl sites for hydroxylation is 1. The molecule has 1 heteroatoms. The molecule has 0 aromatic heterocycles. The molecule has 0 amide bonds. The molecule has 102 valence electrons. The number of benzene rings is 1. The second-order valence-electron chi connectivity index (χ2n) is 6.06. The van der Waals surface area contributed by atoms with Crippen LogP contribution >= 0.6 is 0 Å². The smallest absolute Gasteiger partial charge is 0.189 e. The van der Waals surface area contributed by atoms with E-state index in [-0.39, 0.29) is 0 Å². The molecule has 18 heavy (non-hydrogen) atoms. The van der Waals surface area contributed by atoms with Crippen molar-refractivity contribution >= 4 is 3.90 Å². The van der Waals surface area contributed by atoms with Crippen molar-refractivity contribution in [2.45, 2.75) is 54.4 Å². The Morgan fingerprint density at radius 1 is 1.22 bits per heavy atom. The van der Waals surface area contributed by atoms with Gasteiger partial charge in [0.2, 0.25) is 0 Å². The van der Waals surface area contributed by atoms with E-state index in [0.29, 0.717) is 5.41 Å². The molecule has 0 heterocycles. The van der Waals surface area contributed by atoms with E-state index in [2.05, 4.69) is 59.7 Å². The SMILES string of the molecule is CC(C)(C)[C](=[W])CCc1[c-]cccc1.C[C-](C)C. The van der Waals surface area contributed by atoms with Crippen molar-refractivity contribution in [2.75, 3.05) is 0 Å². The summed E-state index contributed by atoms with van der Waals surface area (Å²) in [5.41, 5.74) is 1.71. The van der Waals surface area contributed by atoms with Crippen LogP contribution < -0.4 is 0 Å². The second-order valence-corrected chi connectivity index (χ2v) is 7.83. The van der Waals surface area contributed by atoms with Crippen LogP contribution in [-0.2, 0) is 25.8 Å². The second kappa shape index (κ2) is 8.81. The van der Waals surface area contributed by atoms with Gasteiger partial charge in [0, 0.05) is 0 Å². The Balaban J connectivity index is 0.000000631. The maximum absolute atomic E-state index is 3.27. The van der Waals surface area contributed by atoms with E-state index in [1.54, 1.807) is 23.3 Å². The van der Waals surface area contributed by atoms with E-state index in [1.165, 1.54) is 17.9 Å². The summed E-state index contributed by atoms with van der Waals surface area (Å²) in [6, 6.07) is 11.5. The molecule has 0 aliphatic heterocycles. The van der Waals surface area contributed by atoms with Gasteiger partial charge in [-0.05, 0) is 0 Å². The van der Waals surface area contributed by atoms with Crippen LogP contribution in [0.2, 0.25) is 0 Å². The number of rotatable bonds is 3. The molecule has 0 aliphatic carbocycles. The summed E-state index contributed by atoms with van der Waals surface area (Å²) in [5.74, 6) is 1.42. The summed E-state index contributed by atoms with van der Waals surface area (Å²) < 4.78 is 1.65. The van der Waals surface area contributed by atoms with Crippen molar-refractivity contribution in [1.29, 1.82) is 0 Å². The first-order valence-corrected chi connectivity index (χ1v) is 7.96. The van der Waals surface area contributed by atoms with Gasteiger partial charge in [0.1, 0.15) is 0 Å². The average molecular weight is 414 g/mol. The first-order chi connectivity index (χ1) is 8.23. The molecule has 0 saturated carbocycles. The zero-order chi connectivity index (χ0) is 14.2. The molecule has 0 aliphatic rings. The quantitative estimate of drug-likeness (QED) is 0.624. The molecule has 0 radical (unpaired) electrons. The predicted octanol–water partition coefficient (Wildman–Crippen LogP) is 4.81. The maximum Gasteiger partial charge on any atom is -0.189 e. The minimum Gasteiger partial charge on any atom is -0.323 e. The number of hydrogen-bond acceptors (Lipinski definition) is 0. The van der Waals surface area contributed by atoms with E-state index < -0.39 is 0 Å². The topological polar surface area (TPSA) is 0 Å². The van der Waals surface area contributed by atoms with E-state index >= 15 is 0 Å². The monoisotopic (exact) mass is 414 g/mol. The molecular formula is C17H26W-2.